The Bertz CT molecular complexity index is 1260. The number of rotatable bonds is 6. The molecule has 0 aromatic carbocycles. The van der Waals surface area contributed by atoms with Gasteiger partial charge in [-0.1, -0.05) is 6.07 Å². The number of halogens is 3. The number of esters is 1. The Balaban J connectivity index is 1.87. The fourth-order valence-corrected chi connectivity index (χ4v) is 3.86. The van der Waals surface area contributed by atoms with Crippen molar-refractivity contribution in [2.45, 2.75) is 19.1 Å². The predicted molar refractivity (Wildman–Crippen MR) is 109 cm³/mol. The van der Waals surface area contributed by atoms with Crippen molar-refractivity contribution in [3.8, 4) is 11.1 Å². The van der Waals surface area contributed by atoms with E-state index in [4.69, 9.17) is 4.42 Å². The quantitative estimate of drug-likeness (QED) is 0.431. The number of hydrogen-bond donors (Lipinski definition) is 1. The molecular formula is C21H16F3N3O4S. The molecule has 32 heavy (non-hydrogen) atoms. The van der Waals surface area contributed by atoms with Crippen LogP contribution in [0.1, 0.15) is 26.6 Å². The molecule has 4 aromatic rings. The van der Waals surface area contributed by atoms with E-state index in [1.807, 2.05) is 17.5 Å². The first-order valence-electron chi connectivity index (χ1n) is 9.30. The Morgan fingerprint density at radius 3 is 2.72 bits per heavy atom. The van der Waals surface area contributed by atoms with E-state index < -0.39 is 35.7 Å². The van der Waals surface area contributed by atoms with Gasteiger partial charge in [-0.25, -0.2) is 4.98 Å². The number of nitrogens with zero attached hydrogens (tertiary/aromatic N) is 2. The topological polar surface area (TPSA) is 85.8 Å². The number of amides is 1. The first-order valence-corrected chi connectivity index (χ1v) is 10.2. The van der Waals surface area contributed by atoms with E-state index in [-0.39, 0.29) is 23.5 Å². The zero-order valence-electron chi connectivity index (χ0n) is 16.6. The number of fused-ring (bicyclic) bond motifs is 1. The van der Waals surface area contributed by atoms with Gasteiger partial charge in [0.1, 0.15) is 5.65 Å². The molecule has 0 aliphatic heterocycles. The number of pyridine rings is 1. The highest BCUT2D eigenvalue weighted by Gasteiger charge is 2.36. The number of carbonyl (C=O) groups is 2. The molecular weight excluding hydrogens is 447 g/mol. The summed E-state index contributed by atoms with van der Waals surface area (Å²) in [6.07, 6.45) is -1.17. The van der Waals surface area contributed by atoms with E-state index in [0.29, 0.717) is 5.56 Å². The number of ether oxygens (including phenoxy) is 1. The SMILES string of the molecule is COC(=O)Cc1c(C(=O)NCc2cccs2)nc2c(C(F)(F)F)cc(-c3ccoc3)cn12. The van der Waals surface area contributed by atoms with Crippen LogP contribution in [0.15, 0.2) is 52.8 Å². The minimum absolute atomic E-state index is 0.00799. The van der Waals surface area contributed by atoms with E-state index in [2.05, 4.69) is 15.0 Å². The van der Waals surface area contributed by atoms with Crippen molar-refractivity contribution in [2.75, 3.05) is 7.11 Å². The van der Waals surface area contributed by atoms with Crippen LogP contribution in [0.25, 0.3) is 16.8 Å². The van der Waals surface area contributed by atoms with Gasteiger partial charge in [0.25, 0.3) is 5.91 Å². The summed E-state index contributed by atoms with van der Waals surface area (Å²) < 4.78 is 52.4. The number of hydrogen-bond acceptors (Lipinski definition) is 6. The lowest BCUT2D eigenvalue weighted by atomic mass is 10.1. The Morgan fingerprint density at radius 1 is 1.28 bits per heavy atom. The van der Waals surface area contributed by atoms with Gasteiger partial charge in [-0.2, -0.15) is 13.2 Å². The minimum Gasteiger partial charge on any atom is -0.472 e. The highest BCUT2D eigenvalue weighted by atomic mass is 32.1. The van der Waals surface area contributed by atoms with E-state index in [9.17, 15) is 22.8 Å². The molecule has 0 aliphatic rings. The summed E-state index contributed by atoms with van der Waals surface area (Å²) >= 11 is 1.42. The third-order valence-corrected chi connectivity index (χ3v) is 5.61. The summed E-state index contributed by atoms with van der Waals surface area (Å²) in [5.74, 6) is -1.42. The molecule has 0 saturated heterocycles. The van der Waals surface area contributed by atoms with E-state index in [1.165, 1.54) is 36.1 Å². The molecule has 1 N–H and O–H groups in total. The number of aromatic nitrogens is 2. The van der Waals surface area contributed by atoms with Crippen LogP contribution in [0.4, 0.5) is 13.2 Å². The summed E-state index contributed by atoms with van der Waals surface area (Å²) in [4.78, 5) is 29.7. The summed E-state index contributed by atoms with van der Waals surface area (Å²) in [6, 6.07) is 6.06. The molecule has 0 saturated carbocycles. The fraction of sp³-hybridized carbons (Fsp3) is 0.190. The molecule has 7 nitrogen and oxygen atoms in total. The number of thiophene rings is 1. The van der Waals surface area contributed by atoms with Gasteiger partial charge in [-0.15, -0.1) is 11.3 Å². The van der Waals surface area contributed by atoms with E-state index in [0.717, 1.165) is 22.5 Å². The fourth-order valence-electron chi connectivity index (χ4n) is 3.21. The molecule has 0 aliphatic carbocycles. The number of carbonyl (C=O) groups excluding carboxylic acids is 2. The summed E-state index contributed by atoms with van der Waals surface area (Å²) in [5, 5.41) is 4.48. The van der Waals surface area contributed by atoms with Crippen molar-refractivity contribution in [1.29, 1.82) is 0 Å². The minimum atomic E-state index is -4.75. The molecule has 1 amide bonds. The Labute approximate surface area is 183 Å². The normalized spacial score (nSPS) is 11.6. The maximum atomic E-state index is 13.9. The van der Waals surface area contributed by atoms with Gasteiger partial charge in [-0.05, 0) is 23.6 Å². The van der Waals surface area contributed by atoms with Gasteiger partial charge in [0.15, 0.2) is 5.69 Å². The van der Waals surface area contributed by atoms with Crippen LogP contribution >= 0.6 is 11.3 Å². The van der Waals surface area contributed by atoms with E-state index in [1.54, 1.807) is 0 Å². The van der Waals surface area contributed by atoms with Crippen molar-refractivity contribution >= 4 is 28.9 Å². The number of furan rings is 1. The second-order valence-electron chi connectivity index (χ2n) is 6.77. The average molecular weight is 463 g/mol. The van der Waals surface area contributed by atoms with Crippen molar-refractivity contribution in [3.63, 3.8) is 0 Å². The zero-order chi connectivity index (χ0) is 22.9. The van der Waals surface area contributed by atoms with Gasteiger partial charge in [0.2, 0.25) is 0 Å². The van der Waals surface area contributed by atoms with Gasteiger partial charge >= 0.3 is 12.1 Å². The van der Waals surface area contributed by atoms with Gasteiger partial charge in [0, 0.05) is 22.2 Å². The molecule has 166 valence electrons. The van der Waals surface area contributed by atoms with Gasteiger partial charge in [0.05, 0.1) is 43.9 Å². The maximum absolute atomic E-state index is 13.9. The average Bonchev–Trinajstić information content (AvgIpc) is 3.51. The van der Waals surface area contributed by atoms with Crippen LogP contribution in [-0.4, -0.2) is 28.4 Å². The molecule has 0 unspecified atom stereocenters. The lowest BCUT2D eigenvalue weighted by Crippen LogP contribution is -2.24. The van der Waals surface area contributed by atoms with Crippen LogP contribution in [0.3, 0.4) is 0 Å². The maximum Gasteiger partial charge on any atom is 0.420 e. The van der Waals surface area contributed by atoms with Crippen molar-refractivity contribution in [2.24, 2.45) is 0 Å². The number of alkyl halides is 3. The predicted octanol–water partition coefficient (Wildman–Crippen LogP) is 4.32. The van der Waals surface area contributed by atoms with Gasteiger partial charge in [-0.3, -0.25) is 9.59 Å². The third kappa shape index (κ3) is 4.24. The standard InChI is InChI=1S/C21H16F3N3O4S/c1-30-17(28)8-16-18(20(29)25-9-14-3-2-6-32-14)26-19-15(21(22,23)24)7-13(10-27(16)19)12-4-5-31-11-12/h2-7,10-11H,8-9H2,1H3,(H,25,29). The van der Waals surface area contributed by atoms with Crippen LogP contribution in [0, 0.1) is 0 Å². The molecule has 0 radical (unpaired) electrons. The molecule has 0 bridgehead atoms. The number of nitrogens with one attached hydrogen (secondary N) is 1. The molecule has 4 rings (SSSR count). The molecule has 11 heteroatoms. The largest absolute Gasteiger partial charge is 0.472 e. The summed E-state index contributed by atoms with van der Waals surface area (Å²) in [6.45, 7) is 0.175. The number of imidazole rings is 1. The zero-order valence-corrected chi connectivity index (χ0v) is 17.4. The summed E-state index contributed by atoms with van der Waals surface area (Å²) in [5.41, 5.74) is -1.22. The second kappa shape index (κ2) is 8.50. The highest BCUT2D eigenvalue weighted by Crippen LogP contribution is 2.36. The third-order valence-electron chi connectivity index (χ3n) is 4.74. The summed E-state index contributed by atoms with van der Waals surface area (Å²) in [7, 11) is 1.15. The first-order chi connectivity index (χ1) is 15.3. The van der Waals surface area contributed by atoms with Crippen molar-refractivity contribution < 1.29 is 31.9 Å². The van der Waals surface area contributed by atoms with Crippen LogP contribution in [0.2, 0.25) is 0 Å². The van der Waals surface area contributed by atoms with Crippen LogP contribution in [0.5, 0.6) is 0 Å². The molecule has 4 aromatic heterocycles. The second-order valence-corrected chi connectivity index (χ2v) is 7.80. The molecule has 4 heterocycles. The smallest absolute Gasteiger partial charge is 0.420 e. The van der Waals surface area contributed by atoms with Crippen molar-refractivity contribution in [3.05, 3.63) is 70.2 Å². The van der Waals surface area contributed by atoms with E-state index >= 15 is 0 Å². The molecule has 0 fully saturated rings. The molecule has 0 atom stereocenters. The lowest BCUT2D eigenvalue weighted by molar-refractivity contribution is -0.140. The van der Waals surface area contributed by atoms with Gasteiger partial charge < -0.3 is 18.9 Å². The molecule has 0 spiro atoms. The van der Waals surface area contributed by atoms with Crippen LogP contribution in [-0.2, 0) is 28.7 Å². The van der Waals surface area contributed by atoms with Crippen LogP contribution < -0.4 is 5.32 Å². The lowest BCUT2D eigenvalue weighted by Gasteiger charge is -2.11. The Morgan fingerprint density at radius 2 is 2.09 bits per heavy atom. The van der Waals surface area contributed by atoms with Crippen molar-refractivity contribution in [1.82, 2.24) is 14.7 Å². The monoisotopic (exact) mass is 463 g/mol. The Hall–Kier alpha value is -3.60. The number of methoxy groups -OCH3 is 1. The highest BCUT2D eigenvalue weighted by molar-refractivity contribution is 7.09. The first kappa shape index (κ1) is 21.6. The Kier molecular flexibility index (Phi) is 5.74.